The summed E-state index contributed by atoms with van der Waals surface area (Å²) >= 11 is 0. The molecule has 0 spiro atoms. The number of aliphatic imine (C=N–C) groups is 1. The van der Waals surface area contributed by atoms with Crippen molar-refractivity contribution in [1.82, 2.24) is 5.32 Å². The van der Waals surface area contributed by atoms with Crippen molar-refractivity contribution < 1.29 is 4.74 Å². The zero-order valence-electron chi connectivity index (χ0n) is 7.34. The van der Waals surface area contributed by atoms with Crippen LogP contribution in [0.25, 0.3) is 0 Å². The molecule has 0 unspecified atom stereocenters. The van der Waals surface area contributed by atoms with E-state index in [1.165, 1.54) is 0 Å². The van der Waals surface area contributed by atoms with Crippen molar-refractivity contribution in [2.75, 3.05) is 20.2 Å². The second-order valence-electron chi connectivity index (χ2n) is 2.59. The molecule has 1 aliphatic rings. The highest BCUT2D eigenvalue weighted by Crippen LogP contribution is 2.10. The first-order chi connectivity index (χ1) is 5.83. The van der Waals surface area contributed by atoms with E-state index in [1.807, 2.05) is 13.1 Å². The molecule has 0 saturated carbocycles. The Balaban J connectivity index is 2.25. The topological polar surface area (TPSA) is 33.6 Å². The minimum absolute atomic E-state index is 0.681. The summed E-state index contributed by atoms with van der Waals surface area (Å²) in [6.07, 6.45) is 4.50. The number of dihydropyridines is 1. The Morgan fingerprint density at radius 2 is 2.58 bits per heavy atom. The standard InChI is InChI=1S/C9H14N2O/c1-8-3-4-9(7-11-8)12-6-5-10-2/h4,7,10H,1,3,5-6H2,2H3. The fourth-order valence-electron chi connectivity index (χ4n) is 0.846. The Kier molecular flexibility index (Phi) is 3.54. The fourth-order valence-corrected chi connectivity index (χ4v) is 0.846. The monoisotopic (exact) mass is 166 g/mol. The number of allylic oxidation sites excluding steroid dienone is 2. The van der Waals surface area contributed by atoms with Crippen LogP contribution >= 0.6 is 0 Å². The SMILES string of the molecule is C=C1CC=C(OCCNC)C=N1. The first-order valence-corrected chi connectivity index (χ1v) is 4.02. The van der Waals surface area contributed by atoms with Gasteiger partial charge in [-0.15, -0.1) is 0 Å². The molecular formula is C9H14N2O. The Labute approximate surface area is 72.8 Å². The van der Waals surface area contributed by atoms with Crippen molar-refractivity contribution in [3.63, 3.8) is 0 Å². The lowest BCUT2D eigenvalue weighted by Crippen LogP contribution is -2.14. The van der Waals surface area contributed by atoms with E-state index in [0.717, 1.165) is 24.4 Å². The van der Waals surface area contributed by atoms with Crippen LogP contribution in [-0.2, 0) is 4.74 Å². The van der Waals surface area contributed by atoms with Crippen LogP contribution in [0, 0.1) is 0 Å². The molecule has 1 rings (SSSR count). The zero-order valence-corrected chi connectivity index (χ0v) is 7.34. The molecule has 12 heavy (non-hydrogen) atoms. The van der Waals surface area contributed by atoms with Crippen LogP contribution in [0.3, 0.4) is 0 Å². The quantitative estimate of drug-likeness (QED) is 0.634. The molecule has 3 nitrogen and oxygen atoms in total. The van der Waals surface area contributed by atoms with Gasteiger partial charge in [-0.1, -0.05) is 6.58 Å². The molecular weight excluding hydrogens is 152 g/mol. The van der Waals surface area contributed by atoms with Gasteiger partial charge in [0.15, 0.2) is 0 Å². The number of hydrogen-bond acceptors (Lipinski definition) is 3. The molecule has 66 valence electrons. The van der Waals surface area contributed by atoms with Crippen molar-refractivity contribution in [3.05, 3.63) is 24.1 Å². The van der Waals surface area contributed by atoms with Gasteiger partial charge in [-0.2, -0.15) is 0 Å². The zero-order chi connectivity index (χ0) is 8.81. The Morgan fingerprint density at radius 1 is 1.75 bits per heavy atom. The Bertz CT molecular complexity index is 219. The molecule has 3 heteroatoms. The van der Waals surface area contributed by atoms with Gasteiger partial charge in [-0.3, -0.25) is 4.99 Å². The number of ether oxygens (including phenoxy) is 1. The lowest BCUT2D eigenvalue weighted by atomic mass is 10.2. The predicted molar refractivity (Wildman–Crippen MR) is 50.2 cm³/mol. The molecule has 1 heterocycles. The summed E-state index contributed by atoms with van der Waals surface area (Å²) in [6.45, 7) is 5.27. The van der Waals surface area contributed by atoms with E-state index < -0.39 is 0 Å². The summed E-state index contributed by atoms with van der Waals surface area (Å²) in [7, 11) is 1.90. The lowest BCUT2D eigenvalue weighted by Gasteiger charge is -2.09. The maximum atomic E-state index is 5.38. The van der Waals surface area contributed by atoms with E-state index in [9.17, 15) is 0 Å². The molecule has 0 radical (unpaired) electrons. The van der Waals surface area contributed by atoms with E-state index >= 15 is 0 Å². The molecule has 0 saturated heterocycles. The smallest absolute Gasteiger partial charge is 0.134 e. The van der Waals surface area contributed by atoms with Gasteiger partial charge in [-0.05, 0) is 13.1 Å². The fraction of sp³-hybridized carbons (Fsp3) is 0.444. The molecule has 0 fully saturated rings. The van der Waals surface area contributed by atoms with Gasteiger partial charge >= 0.3 is 0 Å². The molecule has 0 aliphatic carbocycles. The highest BCUT2D eigenvalue weighted by molar-refractivity contribution is 5.78. The maximum absolute atomic E-state index is 5.38. The highest BCUT2D eigenvalue weighted by atomic mass is 16.5. The summed E-state index contributed by atoms with van der Waals surface area (Å²) in [5.74, 6) is 0.845. The number of nitrogens with zero attached hydrogens (tertiary/aromatic N) is 1. The number of hydrogen-bond donors (Lipinski definition) is 1. The van der Waals surface area contributed by atoms with Crippen LogP contribution in [0.2, 0.25) is 0 Å². The lowest BCUT2D eigenvalue weighted by molar-refractivity contribution is 0.233. The predicted octanol–water partition coefficient (Wildman–Crippen LogP) is 1.09. The average Bonchev–Trinajstić information content (AvgIpc) is 2.09. The molecule has 1 N–H and O–H groups in total. The van der Waals surface area contributed by atoms with Gasteiger partial charge in [0.2, 0.25) is 0 Å². The molecule has 0 atom stereocenters. The van der Waals surface area contributed by atoms with Crippen LogP contribution < -0.4 is 5.32 Å². The number of nitrogens with one attached hydrogen (secondary N) is 1. The summed E-state index contributed by atoms with van der Waals surface area (Å²) in [5.41, 5.74) is 0.885. The second-order valence-corrected chi connectivity index (χ2v) is 2.59. The van der Waals surface area contributed by atoms with Crippen LogP contribution in [0.15, 0.2) is 29.1 Å². The van der Waals surface area contributed by atoms with Gasteiger partial charge in [0.25, 0.3) is 0 Å². The normalized spacial score (nSPS) is 16.1. The summed E-state index contributed by atoms with van der Waals surface area (Å²) < 4.78 is 5.38. The van der Waals surface area contributed by atoms with Gasteiger partial charge in [0.1, 0.15) is 12.4 Å². The minimum Gasteiger partial charge on any atom is -0.491 e. The minimum atomic E-state index is 0.681. The van der Waals surface area contributed by atoms with Crippen LogP contribution in [0.1, 0.15) is 6.42 Å². The maximum Gasteiger partial charge on any atom is 0.134 e. The highest BCUT2D eigenvalue weighted by Gasteiger charge is 2.00. The van der Waals surface area contributed by atoms with E-state index in [1.54, 1.807) is 6.21 Å². The number of likely N-dealkylation sites (N-methyl/N-ethyl adjacent to an activating group) is 1. The summed E-state index contributed by atoms with van der Waals surface area (Å²) in [5, 5.41) is 3.00. The summed E-state index contributed by atoms with van der Waals surface area (Å²) in [6, 6.07) is 0. The van der Waals surface area contributed by atoms with Crippen LogP contribution in [0.5, 0.6) is 0 Å². The van der Waals surface area contributed by atoms with E-state index in [2.05, 4.69) is 16.9 Å². The Morgan fingerprint density at radius 3 is 3.17 bits per heavy atom. The van der Waals surface area contributed by atoms with E-state index in [4.69, 9.17) is 4.74 Å². The average molecular weight is 166 g/mol. The van der Waals surface area contributed by atoms with Crippen molar-refractivity contribution in [1.29, 1.82) is 0 Å². The third-order valence-electron chi connectivity index (χ3n) is 1.53. The van der Waals surface area contributed by atoms with Crippen molar-refractivity contribution in [3.8, 4) is 0 Å². The molecule has 1 aliphatic heterocycles. The largest absolute Gasteiger partial charge is 0.491 e. The van der Waals surface area contributed by atoms with Crippen molar-refractivity contribution in [2.45, 2.75) is 6.42 Å². The summed E-state index contributed by atoms with van der Waals surface area (Å²) in [4.78, 5) is 4.06. The third kappa shape index (κ3) is 2.88. The Hall–Kier alpha value is -1.09. The second kappa shape index (κ2) is 4.72. The van der Waals surface area contributed by atoms with E-state index in [0.29, 0.717) is 6.61 Å². The van der Waals surface area contributed by atoms with Crippen LogP contribution in [-0.4, -0.2) is 26.4 Å². The molecule has 0 aromatic carbocycles. The first kappa shape index (κ1) is 9.00. The van der Waals surface area contributed by atoms with Gasteiger partial charge in [0, 0.05) is 18.7 Å². The first-order valence-electron chi connectivity index (χ1n) is 4.02. The number of rotatable bonds is 4. The van der Waals surface area contributed by atoms with Crippen molar-refractivity contribution >= 4 is 6.21 Å². The van der Waals surface area contributed by atoms with Crippen molar-refractivity contribution in [2.24, 2.45) is 4.99 Å². The third-order valence-corrected chi connectivity index (χ3v) is 1.53. The molecule has 0 aromatic heterocycles. The molecule has 0 bridgehead atoms. The molecule has 0 aromatic rings. The van der Waals surface area contributed by atoms with Gasteiger partial charge in [-0.25, -0.2) is 0 Å². The molecule has 0 amide bonds. The van der Waals surface area contributed by atoms with Gasteiger partial charge in [0.05, 0.1) is 6.21 Å². The van der Waals surface area contributed by atoms with E-state index in [-0.39, 0.29) is 0 Å². The van der Waals surface area contributed by atoms with Gasteiger partial charge < -0.3 is 10.1 Å². The van der Waals surface area contributed by atoms with Crippen LogP contribution in [0.4, 0.5) is 0 Å².